The number of rotatable bonds is 8. The summed E-state index contributed by atoms with van der Waals surface area (Å²) in [5, 5.41) is 20.4. The maximum Gasteiger partial charge on any atom is 0.573 e. The third-order valence-corrected chi connectivity index (χ3v) is 6.18. The van der Waals surface area contributed by atoms with E-state index in [-0.39, 0.29) is 28.0 Å². The van der Waals surface area contributed by atoms with E-state index >= 15 is 0 Å². The number of aliphatic hydroxyl groups is 1. The molecule has 0 radical (unpaired) electrons. The van der Waals surface area contributed by atoms with Crippen LogP contribution in [0.5, 0.6) is 5.75 Å². The van der Waals surface area contributed by atoms with Gasteiger partial charge in [-0.1, -0.05) is 44.3 Å². The van der Waals surface area contributed by atoms with Crippen LogP contribution >= 0.6 is 12.2 Å². The Morgan fingerprint density at radius 1 is 1.00 bits per heavy atom. The number of amides is 1. The normalized spacial score (nSPS) is 12.1. The first kappa shape index (κ1) is 29.3. The summed E-state index contributed by atoms with van der Waals surface area (Å²) in [5.41, 5.74) is 3.28. The Labute approximate surface area is 239 Å². The molecule has 0 aliphatic rings. The molecule has 41 heavy (non-hydrogen) atoms. The number of thiocarbonyl (C=S) groups is 1. The fourth-order valence-electron chi connectivity index (χ4n) is 3.95. The third kappa shape index (κ3) is 7.48. The number of ether oxygens (including phenoxy) is 1. The first-order valence-corrected chi connectivity index (χ1v) is 12.8. The molecule has 0 fully saturated rings. The van der Waals surface area contributed by atoms with Crippen LogP contribution in [-0.2, 0) is 4.79 Å². The highest BCUT2D eigenvalue weighted by Gasteiger charge is 2.31. The Kier molecular flexibility index (Phi) is 8.72. The molecule has 0 atom stereocenters. The molecule has 12 heteroatoms. The first-order valence-electron chi connectivity index (χ1n) is 12.4. The van der Waals surface area contributed by atoms with E-state index in [1.54, 1.807) is 24.3 Å². The zero-order valence-electron chi connectivity index (χ0n) is 22.2. The van der Waals surface area contributed by atoms with Crippen LogP contribution in [0, 0.1) is 0 Å². The van der Waals surface area contributed by atoms with E-state index in [1.165, 1.54) is 42.2 Å². The Morgan fingerprint density at radius 2 is 1.66 bits per heavy atom. The Balaban J connectivity index is 1.44. The monoisotopic (exact) mass is 581 g/mol. The lowest BCUT2D eigenvalue weighted by Gasteiger charge is -2.17. The van der Waals surface area contributed by atoms with E-state index in [9.17, 15) is 23.1 Å². The fraction of sp³-hybridized carbons (Fsp3) is 0.172. The number of aromatic nitrogens is 3. The van der Waals surface area contributed by atoms with Gasteiger partial charge < -0.3 is 20.5 Å². The number of nitrogens with one attached hydrogen (secondary N) is 2. The average molecular weight is 582 g/mol. The summed E-state index contributed by atoms with van der Waals surface area (Å²) < 4.78 is 42.5. The zero-order valence-corrected chi connectivity index (χ0v) is 23.0. The van der Waals surface area contributed by atoms with Crippen molar-refractivity contribution in [1.29, 1.82) is 0 Å². The molecule has 1 amide bonds. The molecule has 0 saturated carbocycles. The molecular formula is C29H26F3N5O3S. The lowest BCUT2D eigenvalue weighted by Crippen LogP contribution is -2.26. The predicted octanol–water partition coefficient (Wildman–Crippen LogP) is 7.17. The summed E-state index contributed by atoms with van der Waals surface area (Å²) in [7, 11) is 0. The number of nitrogens with zero attached hydrogens (tertiary/aromatic N) is 3. The largest absolute Gasteiger partial charge is 0.573 e. The molecule has 4 rings (SSSR count). The molecule has 0 aliphatic carbocycles. The molecule has 1 aromatic heterocycles. The van der Waals surface area contributed by atoms with Crippen LogP contribution in [0.1, 0.15) is 32.3 Å². The van der Waals surface area contributed by atoms with E-state index < -0.39 is 12.3 Å². The number of allylic oxidation sites excluding steroid dienone is 1. The van der Waals surface area contributed by atoms with E-state index in [0.29, 0.717) is 22.8 Å². The van der Waals surface area contributed by atoms with Crippen LogP contribution < -0.4 is 15.4 Å². The minimum atomic E-state index is -4.77. The topological polar surface area (TPSA) is 101 Å². The van der Waals surface area contributed by atoms with Gasteiger partial charge in [-0.25, -0.2) is 9.67 Å². The van der Waals surface area contributed by atoms with E-state index in [4.69, 9.17) is 12.2 Å². The molecule has 0 aliphatic heterocycles. The van der Waals surface area contributed by atoms with Crippen LogP contribution in [0.15, 0.2) is 90.5 Å². The van der Waals surface area contributed by atoms with Crippen LogP contribution in [-0.4, -0.2) is 37.1 Å². The number of benzene rings is 3. The second kappa shape index (κ2) is 12.2. The van der Waals surface area contributed by atoms with Crippen LogP contribution in [0.25, 0.3) is 17.1 Å². The molecule has 3 aromatic carbocycles. The Bertz CT molecular complexity index is 1580. The van der Waals surface area contributed by atoms with Gasteiger partial charge in [0.25, 0.3) is 5.91 Å². The molecule has 0 spiro atoms. The highest BCUT2D eigenvalue weighted by molar-refractivity contribution is 7.81. The number of anilines is 2. The van der Waals surface area contributed by atoms with Gasteiger partial charge in [-0.15, -0.1) is 18.3 Å². The highest BCUT2D eigenvalue weighted by Crippen LogP contribution is 2.26. The van der Waals surface area contributed by atoms with Gasteiger partial charge >= 0.3 is 6.36 Å². The molecular weight excluding hydrogens is 555 g/mol. The molecule has 0 bridgehead atoms. The number of carbonyl (C=O) groups is 1. The number of halogens is 3. The lowest BCUT2D eigenvalue weighted by atomic mass is 10.0. The minimum Gasteiger partial charge on any atom is -0.512 e. The van der Waals surface area contributed by atoms with Gasteiger partial charge in [0.15, 0.2) is 5.82 Å². The second-order valence-corrected chi connectivity index (χ2v) is 9.65. The van der Waals surface area contributed by atoms with Crippen molar-refractivity contribution in [1.82, 2.24) is 14.8 Å². The van der Waals surface area contributed by atoms with Crippen molar-refractivity contribution in [3.63, 3.8) is 0 Å². The van der Waals surface area contributed by atoms with Gasteiger partial charge in [-0.05, 0) is 73.0 Å². The number of carbonyl (C=O) groups excluding carboxylic acids is 1. The standard InChI is InChI=1S/C29H26F3N5O3S/c1-17(2)23-6-4-5-7-24(23)35-28(41)25(18(3)38)27(39)34-20-10-8-19(9-11-20)26-33-16-37(36-26)21-12-14-22(15-13-21)40-29(30,31)32/h4-17,38H,1-3H3,(H,34,39)(H,35,41)/b25-18+. The van der Waals surface area contributed by atoms with Crippen molar-refractivity contribution in [2.45, 2.75) is 33.1 Å². The van der Waals surface area contributed by atoms with Gasteiger partial charge in [0.05, 0.1) is 5.69 Å². The molecule has 4 aromatic rings. The summed E-state index contributed by atoms with van der Waals surface area (Å²) in [6, 6.07) is 19.5. The van der Waals surface area contributed by atoms with Crippen LogP contribution in [0.3, 0.4) is 0 Å². The highest BCUT2D eigenvalue weighted by atomic mass is 32.1. The second-order valence-electron chi connectivity index (χ2n) is 9.24. The van der Waals surface area contributed by atoms with Crippen molar-refractivity contribution in [3.05, 3.63) is 96.0 Å². The van der Waals surface area contributed by atoms with Gasteiger partial charge in [0.1, 0.15) is 28.4 Å². The summed E-state index contributed by atoms with van der Waals surface area (Å²) >= 11 is 5.46. The number of aliphatic hydroxyl groups excluding tert-OH is 1. The summed E-state index contributed by atoms with van der Waals surface area (Å²) in [6.07, 6.45) is -3.35. The lowest BCUT2D eigenvalue weighted by molar-refractivity contribution is -0.274. The van der Waals surface area contributed by atoms with Crippen LogP contribution in [0.4, 0.5) is 24.5 Å². The molecule has 0 unspecified atom stereocenters. The van der Waals surface area contributed by atoms with Crippen molar-refractivity contribution in [3.8, 4) is 22.8 Å². The van der Waals surface area contributed by atoms with Crippen molar-refractivity contribution in [2.24, 2.45) is 0 Å². The average Bonchev–Trinajstić information content (AvgIpc) is 3.39. The number of hydrogen-bond acceptors (Lipinski definition) is 6. The van der Waals surface area contributed by atoms with Crippen LogP contribution in [0.2, 0.25) is 0 Å². The zero-order chi connectivity index (χ0) is 29.7. The quantitative estimate of drug-likeness (QED) is 0.115. The van der Waals surface area contributed by atoms with Crippen molar-refractivity contribution < 1.29 is 27.8 Å². The third-order valence-electron chi connectivity index (χ3n) is 5.87. The van der Waals surface area contributed by atoms with E-state index in [2.05, 4.69) is 25.5 Å². The van der Waals surface area contributed by atoms with Crippen molar-refractivity contribution in [2.75, 3.05) is 10.6 Å². The summed E-state index contributed by atoms with van der Waals surface area (Å²) in [4.78, 5) is 17.4. The molecule has 8 nitrogen and oxygen atoms in total. The van der Waals surface area contributed by atoms with Crippen molar-refractivity contribution >= 4 is 34.5 Å². The number of para-hydroxylation sites is 1. The van der Waals surface area contributed by atoms with Gasteiger partial charge in [-0.2, -0.15) is 0 Å². The van der Waals surface area contributed by atoms with E-state index in [1.807, 2.05) is 38.1 Å². The summed E-state index contributed by atoms with van der Waals surface area (Å²) in [6.45, 7) is 5.48. The molecule has 0 saturated heterocycles. The SMILES string of the molecule is C/C(O)=C(/C(=O)Nc1ccc(-c2ncn(-c3ccc(OC(F)(F)F)cc3)n2)cc1)C(=S)Nc1ccccc1C(C)C. The Morgan fingerprint density at radius 3 is 2.27 bits per heavy atom. The molecule has 3 N–H and O–H groups in total. The smallest absolute Gasteiger partial charge is 0.512 e. The minimum absolute atomic E-state index is 0.0605. The van der Waals surface area contributed by atoms with Gasteiger partial charge in [0, 0.05) is 16.9 Å². The maximum absolute atomic E-state index is 13.1. The molecule has 1 heterocycles. The van der Waals surface area contributed by atoms with Gasteiger partial charge in [-0.3, -0.25) is 4.79 Å². The summed E-state index contributed by atoms with van der Waals surface area (Å²) in [5.74, 6) is -0.579. The predicted molar refractivity (Wildman–Crippen MR) is 154 cm³/mol. The first-order chi connectivity index (χ1) is 19.4. The fourth-order valence-corrected chi connectivity index (χ4v) is 4.30. The van der Waals surface area contributed by atoms with E-state index in [0.717, 1.165) is 11.3 Å². The van der Waals surface area contributed by atoms with Gasteiger partial charge in [0.2, 0.25) is 0 Å². The number of hydrogen-bond donors (Lipinski definition) is 3. The Hall–Kier alpha value is -4.71. The molecule has 212 valence electrons. The number of alkyl halides is 3. The maximum atomic E-state index is 13.1.